The lowest BCUT2D eigenvalue weighted by Gasteiger charge is -2.14. The van der Waals surface area contributed by atoms with Gasteiger partial charge in [0, 0.05) is 5.02 Å². The number of nitrogens with zero attached hydrogens (tertiary/aromatic N) is 1. The number of rotatable bonds is 5. The van der Waals surface area contributed by atoms with Crippen molar-refractivity contribution in [2.24, 2.45) is 0 Å². The van der Waals surface area contributed by atoms with Crippen LogP contribution in [0, 0.1) is 0 Å². The fourth-order valence-corrected chi connectivity index (χ4v) is 3.11. The summed E-state index contributed by atoms with van der Waals surface area (Å²) in [6.45, 7) is 0. The molecule has 1 aliphatic rings. The molecule has 0 spiro atoms. The van der Waals surface area contributed by atoms with Crippen LogP contribution in [0.4, 0.5) is 5.69 Å². The Morgan fingerprint density at radius 1 is 1.10 bits per heavy atom. The largest absolute Gasteiger partial charge is 0.493 e. The lowest BCUT2D eigenvalue weighted by atomic mass is 10.1. The van der Waals surface area contributed by atoms with E-state index in [2.05, 4.69) is 5.43 Å². The average molecular weight is 439 g/mol. The Bertz CT molecular complexity index is 1200. The molecule has 0 aliphatic carbocycles. The van der Waals surface area contributed by atoms with Crippen LogP contribution in [0.15, 0.2) is 70.9 Å². The molecular weight excluding hydrogens is 424 g/mol. The Kier molecular flexibility index (Phi) is 5.46. The first-order valence-electron chi connectivity index (χ1n) is 9.02. The molecule has 8 nitrogen and oxygen atoms in total. The highest BCUT2D eigenvalue weighted by atomic mass is 35.5. The van der Waals surface area contributed by atoms with E-state index in [4.69, 9.17) is 25.5 Å². The van der Waals surface area contributed by atoms with Crippen LogP contribution in [0.25, 0.3) is 6.08 Å². The third-order valence-electron chi connectivity index (χ3n) is 4.38. The van der Waals surface area contributed by atoms with Crippen molar-refractivity contribution in [2.75, 3.05) is 12.1 Å². The highest BCUT2D eigenvalue weighted by Gasteiger charge is 2.34. The van der Waals surface area contributed by atoms with Gasteiger partial charge < -0.3 is 13.9 Å². The van der Waals surface area contributed by atoms with E-state index in [0.717, 1.165) is 5.01 Å². The van der Waals surface area contributed by atoms with Crippen molar-refractivity contribution in [1.29, 1.82) is 0 Å². The minimum Gasteiger partial charge on any atom is -0.493 e. The van der Waals surface area contributed by atoms with Crippen molar-refractivity contribution in [3.8, 4) is 11.5 Å². The van der Waals surface area contributed by atoms with E-state index in [-0.39, 0.29) is 22.8 Å². The van der Waals surface area contributed by atoms with Crippen molar-refractivity contribution in [3.63, 3.8) is 0 Å². The Hall–Kier alpha value is -4.04. The number of hydrogen-bond acceptors (Lipinski definition) is 6. The van der Waals surface area contributed by atoms with Gasteiger partial charge in [-0.05, 0) is 54.1 Å². The van der Waals surface area contributed by atoms with E-state index in [1.165, 1.54) is 31.6 Å². The lowest BCUT2D eigenvalue weighted by Crippen LogP contribution is -2.35. The molecule has 1 aliphatic heterocycles. The van der Waals surface area contributed by atoms with Gasteiger partial charge >= 0.3 is 5.97 Å². The summed E-state index contributed by atoms with van der Waals surface area (Å²) >= 11 is 5.97. The van der Waals surface area contributed by atoms with Crippen LogP contribution >= 0.6 is 11.6 Å². The second-order valence-electron chi connectivity index (χ2n) is 6.40. The molecule has 9 heteroatoms. The van der Waals surface area contributed by atoms with Gasteiger partial charge in [0.15, 0.2) is 11.5 Å². The molecule has 31 heavy (non-hydrogen) atoms. The van der Waals surface area contributed by atoms with Crippen LogP contribution in [0.2, 0.25) is 5.02 Å². The molecule has 1 saturated heterocycles. The van der Waals surface area contributed by atoms with Crippen LogP contribution < -0.4 is 19.9 Å². The first-order valence-corrected chi connectivity index (χ1v) is 9.40. The SMILES string of the molecule is COc1cc(/C=C2/C(=O)NN(c3cccc(Cl)c3)C2=O)ccc1OC(=O)c1ccco1. The molecule has 156 valence electrons. The average Bonchev–Trinajstić information content (AvgIpc) is 3.39. The summed E-state index contributed by atoms with van der Waals surface area (Å²) in [7, 11) is 1.41. The van der Waals surface area contributed by atoms with Crippen molar-refractivity contribution < 1.29 is 28.3 Å². The third-order valence-corrected chi connectivity index (χ3v) is 4.62. The number of esters is 1. The monoisotopic (exact) mass is 438 g/mol. The van der Waals surface area contributed by atoms with Gasteiger partial charge in [0.05, 0.1) is 19.1 Å². The summed E-state index contributed by atoms with van der Waals surface area (Å²) in [6, 6.07) is 14.2. The number of anilines is 1. The topological polar surface area (TPSA) is 98.1 Å². The van der Waals surface area contributed by atoms with E-state index < -0.39 is 17.8 Å². The van der Waals surface area contributed by atoms with Gasteiger partial charge in [0.1, 0.15) is 5.57 Å². The maximum atomic E-state index is 12.8. The summed E-state index contributed by atoms with van der Waals surface area (Å²) in [6.07, 6.45) is 2.78. The highest BCUT2D eigenvalue weighted by Crippen LogP contribution is 2.31. The van der Waals surface area contributed by atoms with Crippen LogP contribution in [0.5, 0.6) is 11.5 Å². The first-order chi connectivity index (χ1) is 15.0. The van der Waals surface area contributed by atoms with Crippen molar-refractivity contribution in [1.82, 2.24) is 5.43 Å². The van der Waals surface area contributed by atoms with Crippen molar-refractivity contribution in [2.45, 2.75) is 0 Å². The first kappa shape index (κ1) is 20.2. The number of carbonyl (C=O) groups is 3. The molecule has 0 unspecified atom stereocenters. The number of hydrazine groups is 1. The molecule has 0 atom stereocenters. The van der Waals surface area contributed by atoms with Gasteiger partial charge in [-0.15, -0.1) is 0 Å². The van der Waals surface area contributed by atoms with Gasteiger partial charge in [-0.3, -0.25) is 15.0 Å². The number of hydrogen-bond donors (Lipinski definition) is 1. The molecule has 0 saturated carbocycles. The van der Waals surface area contributed by atoms with Gasteiger partial charge in [-0.2, -0.15) is 0 Å². The quantitative estimate of drug-likeness (QED) is 0.283. The zero-order chi connectivity index (χ0) is 22.0. The molecule has 1 fully saturated rings. The fraction of sp³-hybridized carbons (Fsp3) is 0.0455. The molecule has 1 aromatic heterocycles. The van der Waals surface area contributed by atoms with Crippen molar-refractivity contribution in [3.05, 3.63) is 82.8 Å². The molecule has 2 heterocycles. The molecule has 0 bridgehead atoms. The number of benzene rings is 2. The zero-order valence-electron chi connectivity index (χ0n) is 16.1. The smallest absolute Gasteiger partial charge is 0.379 e. The van der Waals surface area contributed by atoms with E-state index in [1.807, 2.05) is 0 Å². The number of halogens is 1. The maximum Gasteiger partial charge on any atom is 0.379 e. The Morgan fingerprint density at radius 3 is 2.65 bits per heavy atom. The zero-order valence-corrected chi connectivity index (χ0v) is 16.9. The number of amides is 2. The molecule has 3 aromatic rings. The van der Waals surface area contributed by atoms with E-state index in [9.17, 15) is 14.4 Å². The number of carbonyl (C=O) groups excluding carboxylic acids is 3. The van der Waals surface area contributed by atoms with Gasteiger partial charge in [-0.1, -0.05) is 23.7 Å². The normalized spacial score (nSPS) is 14.6. The predicted molar refractivity (Wildman–Crippen MR) is 112 cm³/mol. The predicted octanol–water partition coefficient (Wildman–Crippen LogP) is 3.62. The summed E-state index contributed by atoms with van der Waals surface area (Å²) < 4.78 is 15.6. The molecule has 2 amide bonds. The molecule has 0 radical (unpaired) electrons. The molecule has 1 N–H and O–H groups in total. The van der Waals surface area contributed by atoms with Crippen LogP contribution in [-0.4, -0.2) is 24.9 Å². The highest BCUT2D eigenvalue weighted by molar-refractivity contribution is 6.33. The molecular formula is C22H15ClN2O6. The van der Waals surface area contributed by atoms with Crippen molar-refractivity contribution >= 4 is 41.1 Å². The second-order valence-corrected chi connectivity index (χ2v) is 6.83. The summed E-state index contributed by atoms with van der Waals surface area (Å²) in [5, 5.41) is 1.55. The fourth-order valence-electron chi connectivity index (χ4n) is 2.92. The van der Waals surface area contributed by atoms with E-state index >= 15 is 0 Å². The number of ether oxygens (including phenoxy) is 2. The van der Waals surface area contributed by atoms with E-state index in [0.29, 0.717) is 16.3 Å². The molecule has 4 rings (SSSR count). The summed E-state index contributed by atoms with van der Waals surface area (Å²) in [4.78, 5) is 37.2. The Labute approximate surface area is 181 Å². The number of methoxy groups -OCH3 is 1. The maximum absolute atomic E-state index is 12.8. The summed E-state index contributed by atoms with van der Waals surface area (Å²) in [5.74, 6) is -1.32. The lowest BCUT2D eigenvalue weighted by molar-refractivity contribution is -0.117. The third kappa shape index (κ3) is 4.15. The van der Waals surface area contributed by atoms with Gasteiger partial charge in [-0.25, -0.2) is 9.80 Å². The Morgan fingerprint density at radius 2 is 1.94 bits per heavy atom. The number of furan rings is 1. The Balaban J connectivity index is 1.58. The molecule has 2 aromatic carbocycles. The van der Waals surface area contributed by atoms with Gasteiger partial charge in [0.25, 0.3) is 11.8 Å². The number of nitrogens with one attached hydrogen (secondary N) is 1. The van der Waals surface area contributed by atoms with E-state index in [1.54, 1.807) is 42.5 Å². The van der Waals surface area contributed by atoms with Crippen LogP contribution in [0.1, 0.15) is 16.1 Å². The summed E-state index contributed by atoms with van der Waals surface area (Å²) in [5.41, 5.74) is 3.38. The minimum atomic E-state index is -0.683. The minimum absolute atomic E-state index is 0.0441. The van der Waals surface area contributed by atoms with Gasteiger partial charge in [0.2, 0.25) is 5.76 Å². The van der Waals surface area contributed by atoms with Crippen LogP contribution in [0.3, 0.4) is 0 Å². The second kappa shape index (κ2) is 8.37. The standard InChI is InChI=1S/C22H15ClN2O6/c1-29-19-11-13(7-8-17(19)31-22(28)18-6-3-9-30-18)10-16-20(26)24-25(21(16)27)15-5-2-4-14(23)12-15/h2-12H,1H3,(H,24,26)/b16-10-. The van der Waals surface area contributed by atoms with Crippen LogP contribution in [-0.2, 0) is 9.59 Å².